The first kappa shape index (κ1) is 17.9. The van der Waals surface area contributed by atoms with Crippen LogP contribution in [0.25, 0.3) is 0 Å². The molecular formula is C17H15BrClNO5S. The molecule has 2 aliphatic heterocycles. The number of benzene rings is 2. The molecule has 2 aromatic carbocycles. The summed E-state index contributed by atoms with van der Waals surface area (Å²) in [4.78, 5) is 0.0978. The number of alkyl halides is 1. The lowest BCUT2D eigenvalue weighted by molar-refractivity contribution is 0.0922. The van der Waals surface area contributed by atoms with Gasteiger partial charge < -0.3 is 14.2 Å². The lowest BCUT2D eigenvalue weighted by atomic mass is 9.99. The molecule has 0 saturated heterocycles. The molecule has 2 aromatic rings. The van der Waals surface area contributed by atoms with E-state index in [2.05, 4.69) is 20.7 Å². The van der Waals surface area contributed by atoms with Crippen LogP contribution in [-0.2, 0) is 14.8 Å². The molecule has 2 heterocycles. The number of hydrogen-bond donors (Lipinski definition) is 1. The Labute approximate surface area is 164 Å². The summed E-state index contributed by atoms with van der Waals surface area (Å²) in [5, 5.41) is 0.956. The Balaban J connectivity index is 1.95. The first-order chi connectivity index (χ1) is 12.5. The van der Waals surface area contributed by atoms with E-state index < -0.39 is 16.1 Å². The molecule has 1 N–H and O–H groups in total. The molecule has 0 bridgehead atoms. The molecule has 0 fully saturated rings. The van der Waals surface area contributed by atoms with Gasteiger partial charge in [-0.3, -0.25) is 4.72 Å². The van der Waals surface area contributed by atoms with Crippen LogP contribution in [-0.4, -0.2) is 33.6 Å². The van der Waals surface area contributed by atoms with Gasteiger partial charge in [0, 0.05) is 27.5 Å². The van der Waals surface area contributed by atoms with Crippen molar-refractivity contribution in [3.63, 3.8) is 0 Å². The number of ether oxygens (including phenoxy) is 3. The number of halogens is 2. The van der Waals surface area contributed by atoms with Gasteiger partial charge in [0.25, 0.3) is 10.0 Å². The van der Waals surface area contributed by atoms with Crippen molar-refractivity contribution in [2.24, 2.45) is 0 Å². The molecule has 0 aliphatic carbocycles. The number of hydrogen-bond acceptors (Lipinski definition) is 5. The third-order valence-corrected chi connectivity index (χ3v) is 6.13. The lowest BCUT2D eigenvalue weighted by Gasteiger charge is -2.24. The van der Waals surface area contributed by atoms with Crippen molar-refractivity contribution in [1.29, 1.82) is 0 Å². The maximum absolute atomic E-state index is 12.9. The molecule has 4 rings (SSSR count). The van der Waals surface area contributed by atoms with E-state index in [1.54, 1.807) is 24.3 Å². The second-order valence-corrected chi connectivity index (χ2v) is 8.69. The molecule has 138 valence electrons. The predicted molar refractivity (Wildman–Crippen MR) is 101 cm³/mol. The zero-order valence-corrected chi connectivity index (χ0v) is 16.7. The number of sulfonamides is 1. The van der Waals surface area contributed by atoms with Crippen LogP contribution in [0.3, 0.4) is 0 Å². The second kappa shape index (κ2) is 6.92. The van der Waals surface area contributed by atoms with Crippen LogP contribution in [0, 0.1) is 0 Å². The fraction of sp³-hybridized carbons (Fsp3) is 0.294. The van der Waals surface area contributed by atoms with E-state index in [1.807, 2.05) is 0 Å². The maximum Gasteiger partial charge on any atom is 0.262 e. The number of nitrogens with one attached hydrogen (secondary N) is 1. The monoisotopic (exact) mass is 459 g/mol. The number of rotatable bonds is 3. The minimum Gasteiger partial charge on any atom is -0.486 e. The standard InChI is InChI=1S/C17H15BrClNO5S/c18-3-4-25-17-11-2-1-10(19)7-16(11)26(21,22)20-13-9-15-14(8-12(13)17)23-5-6-24-15/h1-2,7-9,17,20H,3-6H2. The largest absolute Gasteiger partial charge is 0.486 e. The van der Waals surface area contributed by atoms with Gasteiger partial charge in [-0.05, 0) is 18.2 Å². The molecule has 1 unspecified atom stereocenters. The zero-order chi connectivity index (χ0) is 18.3. The highest BCUT2D eigenvalue weighted by Crippen LogP contribution is 2.45. The van der Waals surface area contributed by atoms with Gasteiger partial charge in [0.2, 0.25) is 0 Å². The van der Waals surface area contributed by atoms with E-state index >= 15 is 0 Å². The lowest BCUT2D eigenvalue weighted by Crippen LogP contribution is -2.17. The van der Waals surface area contributed by atoms with Crippen molar-refractivity contribution < 1.29 is 22.6 Å². The van der Waals surface area contributed by atoms with Crippen LogP contribution in [0.1, 0.15) is 17.2 Å². The summed E-state index contributed by atoms with van der Waals surface area (Å²) in [5.74, 6) is 1.07. The van der Waals surface area contributed by atoms with Crippen molar-refractivity contribution in [1.82, 2.24) is 0 Å². The van der Waals surface area contributed by atoms with E-state index in [4.69, 9.17) is 25.8 Å². The topological polar surface area (TPSA) is 73.9 Å². The number of fused-ring (bicyclic) bond motifs is 3. The Morgan fingerprint density at radius 1 is 1.15 bits per heavy atom. The molecule has 26 heavy (non-hydrogen) atoms. The Kier molecular flexibility index (Phi) is 4.77. The summed E-state index contributed by atoms with van der Waals surface area (Å²) < 4.78 is 45.6. The van der Waals surface area contributed by atoms with E-state index in [-0.39, 0.29) is 4.90 Å². The van der Waals surface area contributed by atoms with Crippen LogP contribution < -0.4 is 14.2 Å². The Bertz CT molecular complexity index is 966. The minimum absolute atomic E-state index is 0.0978. The predicted octanol–water partition coefficient (Wildman–Crippen LogP) is 3.73. The van der Waals surface area contributed by atoms with E-state index in [1.165, 1.54) is 6.07 Å². The second-order valence-electron chi connectivity index (χ2n) is 5.81. The van der Waals surface area contributed by atoms with Crippen LogP contribution in [0.5, 0.6) is 11.5 Å². The molecule has 0 radical (unpaired) electrons. The van der Waals surface area contributed by atoms with Gasteiger partial charge in [-0.15, -0.1) is 0 Å². The number of anilines is 1. The average molecular weight is 461 g/mol. The summed E-state index contributed by atoms with van der Waals surface area (Å²) in [5.41, 5.74) is 1.60. The molecular weight excluding hydrogens is 446 g/mol. The van der Waals surface area contributed by atoms with Crippen molar-refractivity contribution in [2.75, 3.05) is 29.9 Å². The SMILES string of the molecule is O=S1(=O)Nc2cc3c(cc2C(OCCBr)c2ccc(Cl)cc21)OCCO3. The summed E-state index contributed by atoms with van der Waals surface area (Å²) >= 11 is 9.39. The summed E-state index contributed by atoms with van der Waals surface area (Å²) in [6, 6.07) is 8.18. The van der Waals surface area contributed by atoms with E-state index in [0.717, 1.165) is 0 Å². The smallest absolute Gasteiger partial charge is 0.262 e. The van der Waals surface area contributed by atoms with Crippen LogP contribution in [0.4, 0.5) is 5.69 Å². The summed E-state index contributed by atoms with van der Waals surface area (Å²) in [6.45, 7) is 1.26. The molecule has 6 nitrogen and oxygen atoms in total. The molecule has 9 heteroatoms. The van der Waals surface area contributed by atoms with E-state index in [0.29, 0.717) is 58.5 Å². The quantitative estimate of drug-likeness (QED) is 0.707. The minimum atomic E-state index is -3.82. The van der Waals surface area contributed by atoms with Gasteiger partial charge >= 0.3 is 0 Å². The summed E-state index contributed by atoms with van der Waals surface area (Å²) in [7, 11) is -3.82. The van der Waals surface area contributed by atoms with E-state index in [9.17, 15) is 8.42 Å². The maximum atomic E-state index is 12.9. The van der Waals surface area contributed by atoms with Gasteiger partial charge in [-0.2, -0.15) is 0 Å². The van der Waals surface area contributed by atoms with Gasteiger partial charge in [-0.25, -0.2) is 8.42 Å². The van der Waals surface area contributed by atoms with Crippen molar-refractivity contribution in [3.05, 3.63) is 46.5 Å². The fourth-order valence-electron chi connectivity index (χ4n) is 3.08. The first-order valence-corrected chi connectivity index (χ1v) is 10.9. The van der Waals surface area contributed by atoms with Crippen LogP contribution in [0.15, 0.2) is 35.2 Å². The third kappa shape index (κ3) is 3.15. The van der Waals surface area contributed by atoms with Crippen molar-refractivity contribution >= 4 is 43.2 Å². The normalized spacial score (nSPS) is 19.7. The van der Waals surface area contributed by atoms with Gasteiger partial charge in [0.15, 0.2) is 11.5 Å². The molecule has 2 aliphatic rings. The molecule has 0 saturated carbocycles. The van der Waals surface area contributed by atoms with Gasteiger partial charge in [-0.1, -0.05) is 33.6 Å². The average Bonchev–Trinajstić information content (AvgIpc) is 2.70. The van der Waals surface area contributed by atoms with Gasteiger partial charge in [0.1, 0.15) is 19.3 Å². The van der Waals surface area contributed by atoms with Crippen LogP contribution in [0.2, 0.25) is 5.02 Å². The highest BCUT2D eigenvalue weighted by molar-refractivity contribution is 9.09. The summed E-state index contributed by atoms with van der Waals surface area (Å²) in [6.07, 6.45) is -0.588. The highest BCUT2D eigenvalue weighted by Gasteiger charge is 2.33. The van der Waals surface area contributed by atoms with Crippen LogP contribution >= 0.6 is 27.5 Å². The Hall–Kier alpha value is -1.48. The first-order valence-electron chi connectivity index (χ1n) is 7.93. The molecule has 0 aromatic heterocycles. The Morgan fingerprint density at radius 2 is 1.88 bits per heavy atom. The van der Waals surface area contributed by atoms with Crippen molar-refractivity contribution in [2.45, 2.75) is 11.0 Å². The molecule has 0 amide bonds. The third-order valence-electron chi connectivity index (χ3n) is 4.15. The highest BCUT2D eigenvalue weighted by atomic mass is 79.9. The zero-order valence-electron chi connectivity index (χ0n) is 13.5. The molecule has 1 atom stereocenters. The fourth-order valence-corrected chi connectivity index (χ4v) is 4.84. The Morgan fingerprint density at radius 3 is 2.62 bits per heavy atom. The van der Waals surface area contributed by atoms with Crippen molar-refractivity contribution in [3.8, 4) is 11.5 Å². The molecule has 0 spiro atoms. The van der Waals surface area contributed by atoms with Gasteiger partial charge in [0.05, 0.1) is 17.2 Å².